The average molecular weight is 351 g/mol. The molecule has 0 amide bonds. The maximum atomic E-state index is 5.98. The van der Waals surface area contributed by atoms with Crippen LogP contribution in [-0.4, -0.2) is 5.17 Å². The molecule has 4 rings (SSSR count). The van der Waals surface area contributed by atoms with Gasteiger partial charge in [-0.1, -0.05) is 48.2 Å². The SMILES string of the molecule is C1=CCCC(C2=COC=C(C3=CSC(Nc4ccccc4)=NN3)O2)=C1. The Labute approximate surface area is 150 Å². The van der Waals surface area contributed by atoms with Gasteiger partial charge in [-0.25, -0.2) is 0 Å². The molecule has 0 spiro atoms. The largest absolute Gasteiger partial charge is 0.465 e. The third-order valence-electron chi connectivity index (χ3n) is 3.76. The van der Waals surface area contributed by atoms with Gasteiger partial charge in [-0.05, 0) is 30.5 Å². The second-order valence-corrected chi connectivity index (χ2v) is 6.39. The van der Waals surface area contributed by atoms with Crippen molar-refractivity contribution >= 4 is 22.6 Å². The van der Waals surface area contributed by atoms with E-state index in [9.17, 15) is 0 Å². The minimum absolute atomic E-state index is 0.614. The van der Waals surface area contributed by atoms with Gasteiger partial charge in [0.25, 0.3) is 0 Å². The number of nitrogens with one attached hydrogen (secondary N) is 2. The van der Waals surface area contributed by atoms with Crippen molar-refractivity contribution in [1.82, 2.24) is 5.43 Å². The minimum atomic E-state index is 0.614. The summed E-state index contributed by atoms with van der Waals surface area (Å²) < 4.78 is 11.4. The molecule has 1 aliphatic carbocycles. The number of hydrazone groups is 1. The molecule has 0 saturated heterocycles. The number of anilines is 1. The third kappa shape index (κ3) is 3.80. The highest BCUT2D eigenvalue weighted by Gasteiger charge is 2.20. The molecule has 2 N–H and O–H groups in total. The molecule has 0 aromatic heterocycles. The van der Waals surface area contributed by atoms with Crippen molar-refractivity contribution in [3.8, 4) is 0 Å². The fourth-order valence-electron chi connectivity index (χ4n) is 2.49. The zero-order valence-electron chi connectivity index (χ0n) is 13.4. The number of hydrogen-bond acceptors (Lipinski definition) is 6. The Morgan fingerprint density at radius 3 is 2.76 bits per heavy atom. The van der Waals surface area contributed by atoms with Gasteiger partial charge in [-0.3, -0.25) is 5.43 Å². The van der Waals surface area contributed by atoms with E-state index in [4.69, 9.17) is 9.47 Å². The second-order valence-electron chi connectivity index (χ2n) is 5.53. The molecular formula is C19H17N3O2S. The maximum absolute atomic E-state index is 5.98. The van der Waals surface area contributed by atoms with Crippen LogP contribution in [0.3, 0.4) is 0 Å². The highest BCUT2D eigenvalue weighted by atomic mass is 32.2. The monoisotopic (exact) mass is 351 g/mol. The Hall–Kier alpha value is -2.86. The van der Waals surface area contributed by atoms with Crippen molar-refractivity contribution in [2.24, 2.45) is 5.10 Å². The fraction of sp³-hybridized carbons (Fsp3) is 0.105. The number of amidine groups is 1. The van der Waals surface area contributed by atoms with E-state index in [1.807, 2.05) is 41.8 Å². The number of benzene rings is 1. The summed E-state index contributed by atoms with van der Waals surface area (Å²) >= 11 is 1.49. The van der Waals surface area contributed by atoms with Gasteiger partial charge < -0.3 is 14.8 Å². The summed E-state index contributed by atoms with van der Waals surface area (Å²) in [5, 5.41) is 10.3. The quantitative estimate of drug-likeness (QED) is 0.836. The lowest BCUT2D eigenvalue weighted by atomic mass is 10.0. The Morgan fingerprint density at radius 2 is 2.00 bits per heavy atom. The number of nitrogens with zero attached hydrogens (tertiary/aromatic N) is 1. The van der Waals surface area contributed by atoms with E-state index in [1.165, 1.54) is 11.8 Å². The van der Waals surface area contributed by atoms with Crippen LogP contribution in [-0.2, 0) is 9.47 Å². The van der Waals surface area contributed by atoms with Crippen LogP contribution in [0.1, 0.15) is 12.8 Å². The van der Waals surface area contributed by atoms with E-state index in [0.29, 0.717) is 5.76 Å². The van der Waals surface area contributed by atoms with Crippen LogP contribution in [0.2, 0.25) is 0 Å². The normalized spacial score (nSPS) is 19.1. The van der Waals surface area contributed by atoms with Gasteiger partial charge >= 0.3 is 0 Å². The van der Waals surface area contributed by atoms with Gasteiger partial charge in [-0.2, -0.15) is 0 Å². The molecule has 5 nitrogen and oxygen atoms in total. The summed E-state index contributed by atoms with van der Waals surface area (Å²) in [7, 11) is 0. The molecule has 0 atom stereocenters. The number of allylic oxidation sites excluding steroid dienone is 4. The van der Waals surface area contributed by atoms with Crippen LogP contribution in [0.25, 0.3) is 0 Å². The van der Waals surface area contributed by atoms with E-state index < -0.39 is 0 Å². The molecule has 0 fully saturated rings. The van der Waals surface area contributed by atoms with Crippen LogP contribution in [0.5, 0.6) is 0 Å². The van der Waals surface area contributed by atoms with Crippen molar-refractivity contribution in [2.75, 3.05) is 5.32 Å². The van der Waals surface area contributed by atoms with E-state index >= 15 is 0 Å². The molecule has 1 aromatic carbocycles. The molecule has 0 radical (unpaired) electrons. The predicted molar refractivity (Wildman–Crippen MR) is 101 cm³/mol. The van der Waals surface area contributed by atoms with E-state index in [0.717, 1.165) is 40.7 Å². The third-order valence-corrected chi connectivity index (χ3v) is 4.53. The molecule has 0 saturated carbocycles. The topological polar surface area (TPSA) is 54.9 Å². The Morgan fingerprint density at radius 1 is 1.12 bits per heavy atom. The zero-order valence-corrected chi connectivity index (χ0v) is 14.3. The number of thioether (sulfide) groups is 1. The summed E-state index contributed by atoms with van der Waals surface area (Å²) in [6.45, 7) is 0. The average Bonchev–Trinajstić information content (AvgIpc) is 2.70. The van der Waals surface area contributed by atoms with Crippen molar-refractivity contribution in [3.63, 3.8) is 0 Å². The summed E-state index contributed by atoms with van der Waals surface area (Å²) in [6, 6.07) is 9.92. The first-order chi connectivity index (χ1) is 12.4. The summed E-state index contributed by atoms with van der Waals surface area (Å²) in [4.78, 5) is 0. The molecule has 6 heteroatoms. The standard InChI is InChI=1S/C19H17N3O2S/c1-3-7-14(8-4-1)17-11-23-12-18(24-17)16-13-25-19(22-21-16)20-15-9-5-2-6-10-15/h1-3,5-7,9-13,21H,4,8H2,(H,20,22). The second kappa shape index (κ2) is 7.36. The zero-order chi connectivity index (χ0) is 16.9. The van der Waals surface area contributed by atoms with Gasteiger partial charge in [-0.15, -0.1) is 5.10 Å². The minimum Gasteiger partial charge on any atom is -0.465 e. The van der Waals surface area contributed by atoms with Gasteiger partial charge in [0.2, 0.25) is 0 Å². The fourth-order valence-corrected chi connectivity index (χ4v) is 3.16. The number of hydrogen-bond donors (Lipinski definition) is 2. The molecule has 25 heavy (non-hydrogen) atoms. The predicted octanol–water partition coefficient (Wildman–Crippen LogP) is 4.55. The Bertz CT molecular complexity index is 835. The van der Waals surface area contributed by atoms with E-state index in [2.05, 4.69) is 28.0 Å². The molecule has 0 unspecified atom stereocenters. The van der Waals surface area contributed by atoms with E-state index in [1.54, 1.807) is 12.5 Å². The molecule has 126 valence electrons. The van der Waals surface area contributed by atoms with E-state index in [-0.39, 0.29) is 0 Å². The molecule has 3 aliphatic rings. The molecule has 0 bridgehead atoms. The maximum Gasteiger partial charge on any atom is 0.189 e. The smallest absolute Gasteiger partial charge is 0.189 e. The number of para-hydroxylation sites is 1. The Balaban J connectivity index is 1.38. The van der Waals surface area contributed by atoms with Crippen LogP contribution in [0.15, 0.2) is 94.4 Å². The first-order valence-electron chi connectivity index (χ1n) is 8.01. The van der Waals surface area contributed by atoms with Crippen molar-refractivity contribution < 1.29 is 9.47 Å². The van der Waals surface area contributed by atoms with Gasteiger partial charge in [0.15, 0.2) is 16.7 Å². The highest BCUT2D eigenvalue weighted by molar-refractivity contribution is 8.16. The van der Waals surface area contributed by atoms with Gasteiger partial charge in [0.1, 0.15) is 18.2 Å². The van der Waals surface area contributed by atoms with Crippen LogP contribution in [0, 0.1) is 0 Å². The highest BCUT2D eigenvalue weighted by Crippen LogP contribution is 2.30. The number of ether oxygens (including phenoxy) is 2. The first-order valence-corrected chi connectivity index (χ1v) is 8.89. The molecule has 2 heterocycles. The van der Waals surface area contributed by atoms with Gasteiger partial charge in [0.05, 0.1) is 0 Å². The van der Waals surface area contributed by atoms with Crippen molar-refractivity contribution in [1.29, 1.82) is 0 Å². The lowest BCUT2D eigenvalue weighted by molar-refractivity contribution is 0.233. The first kappa shape index (κ1) is 15.7. The Kier molecular flexibility index (Phi) is 4.61. The summed E-state index contributed by atoms with van der Waals surface area (Å²) in [5.74, 6) is 1.36. The number of rotatable bonds is 3. The van der Waals surface area contributed by atoms with Gasteiger partial charge in [0, 0.05) is 11.1 Å². The molecule has 2 aliphatic heterocycles. The lowest BCUT2D eigenvalue weighted by Gasteiger charge is -2.22. The van der Waals surface area contributed by atoms with Crippen LogP contribution in [0.4, 0.5) is 5.69 Å². The molecule has 1 aromatic rings. The van der Waals surface area contributed by atoms with Crippen molar-refractivity contribution in [3.05, 3.63) is 89.3 Å². The summed E-state index contributed by atoms with van der Waals surface area (Å²) in [6.07, 6.45) is 11.4. The summed E-state index contributed by atoms with van der Waals surface area (Å²) in [5.41, 5.74) is 5.90. The van der Waals surface area contributed by atoms with Crippen LogP contribution >= 0.6 is 11.8 Å². The van der Waals surface area contributed by atoms with Crippen LogP contribution < -0.4 is 10.7 Å². The van der Waals surface area contributed by atoms with Crippen molar-refractivity contribution in [2.45, 2.75) is 12.8 Å². The molecular weight excluding hydrogens is 334 g/mol. The lowest BCUT2D eigenvalue weighted by Crippen LogP contribution is -2.20.